The van der Waals surface area contributed by atoms with Crippen LogP contribution in [0.5, 0.6) is 0 Å². The van der Waals surface area contributed by atoms with Gasteiger partial charge in [-0.25, -0.2) is 0 Å². The van der Waals surface area contributed by atoms with E-state index in [9.17, 15) is 14.9 Å². The number of esters is 1. The van der Waals surface area contributed by atoms with Crippen molar-refractivity contribution in [1.82, 2.24) is 0 Å². The van der Waals surface area contributed by atoms with E-state index in [1.807, 2.05) is 30.3 Å². The first-order valence-electron chi connectivity index (χ1n) is 8.73. The number of nitrogens with zero attached hydrogens (tertiary/aromatic N) is 1. The lowest BCUT2D eigenvalue weighted by molar-refractivity contribution is -0.148. The normalized spacial score (nSPS) is 14.9. The number of carboxylic acids is 1. The van der Waals surface area contributed by atoms with Gasteiger partial charge in [0.05, 0.1) is 22.3 Å². The number of aliphatic carboxylic acids is 1. The predicted octanol–water partition coefficient (Wildman–Crippen LogP) is 3.83. The van der Waals surface area contributed by atoms with Crippen molar-refractivity contribution in [2.45, 2.75) is 37.9 Å². The number of carbonyl (C=O) groups excluding carboxylic acids is 1. The number of carboxylic acid groups (broad SMARTS) is 1. The van der Waals surface area contributed by atoms with Crippen LogP contribution in [-0.4, -0.2) is 46.3 Å². The molecular formula is C20H25NO5S2. The summed E-state index contributed by atoms with van der Waals surface area (Å²) in [7, 11) is 1.50. The van der Waals surface area contributed by atoms with Crippen molar-refractivity contribution in [2.24, 2.45) is 5.41 Å². The van der Waals surface area contributed by atoms with E-state index >= 15 is 0 Å². The fraction of sp³-hybridized carbons (Fsp3) is 0.500. The number of hydrogen-bond donors (Lipinski definition) is 1. The number of benzene rings is 1. The molecule has 0 fully saturated rings. The summed E-state index contributed by atoms with van der Waals surface area (Å²) in [6, 6.07) is 11.4. The Bertz CT molecular complexity index is 734. The molecule has 0 aromatic heterocycles. The van der Waals surface area contributed by atoms with Crippen molar-refractivity contribution in [2.75, 3.05) is 20.3 Å². The highest BCUT2D eigenvalue weighted by molar-refractivity contribution is 8.25. The summed E-state index contributed by atoms with van der Waals surface area (Å²) in [5.74, 6) is -1.50. The van der Waals surface area contributed by atoms with E-state index in [1.54, 1.807) is 13.8 Å². The molecule has 0 saturated heterocycles. The van der Waals surface area contributed by atoms with Gasteiger partial charge in [-0.1, -0.05) is 54.3 Å². The minimum atomic E-state index is -1.15. The Morgan fingerprint density at radius 3 is 2.43 bits per heavy atom. The Hall–Kier alpha value is -1.95. The van der Waals surface area contributed by atoms with Gasteiger partial charge in [0, 0.05) is 13.5 Å². The largest absolute Gasteiger partial charge is 0.481 e. The van der Waals surface area contributed by atoms with E-state index in [2.05, 4.69) is 6.07 Å². The topological polar surface area (TPSA) is 96.6 Å². The molecule has 0 aliphatic heterocycles. The zero-order valence-electron chi connectivity index (χ0n) is 16.3. The van der Waals surface area contributed by atoms with E-state index in [1.165, 1.54) is 7.11 Å². The Kier molecular flexibility index (Phi) is 9.59. The van der Waals surface area contributed by atoms with Gasteiger partial charge in [0.1, 0.15) is 11.4 Å². The SMILES string of the molecule is COCCOC(=O)C(C)(CC(C)(C#N)CCC(=O)O)SC(=S)c1ccccc1. The molecule has 0 aliphatic carbocycles. The second-order valence-electron chi connectivity index (χ2n) is 6.86. The molecule has 1 aromatic carbocycles. The molecule has 0 heterocycles. The molecule has 0 spiro atoms. The first-order valence-corrected chi connectivity index (χ1v) is 9.96. The van der Waals surface area contributed by atoms with Crippen LogP contribution in [0.2, 0.25) is 0 Å². The van der Waals surface area contributed by atoms with Gasteiger partial charge >= 0.3 is 11.9 Å². The van der Waals surface area contributed by atoms with Crippen LogP contribution in [0.1, 0.15) is 38.7 Å². The van der Waals surface area contributed by atoms with Crippen molar-refractivity contribution in [1.29, 1.82) is 5.26 Å². The lowest BCUT2D eigenvalue weighted by Crippen LogP contribution is -2.40. The van der Waals surface area contributed by atoms with Crippen LogP contribution in [0.3, 0.4) is 0 Å². The molecule has 0 aliphatic rings. The highest BCUT2D eigenvalue weighted by Gasteiger charge is 2.44. The molecule has 152 valence electrons. The van der Waals surface area contributed by atoms with Gasteiger partial charge < -0.3 is 14.6 Å². The van der Waals surface area contributed by atoms with Gasteiger partial charge in [-0.3, -0.25) is 9.59 Å². The number of hydrogen-bond acceptors (Lipinski definition) is 7. The number of carbonyl (C=O) groups is 2. The van der Waals surface area contributed by atoms with Crippen LogP contribution in [-0.2, 0) is 19.1 Å². The average Bonchev–Trinajstić information content (AvgIpc) is 2.67. The molecular weight excluding hydrogens is 398 g/mol. The second-order valence-corrected chi connectivity index (χ2v) is 9.04. The van der Waals surface area contributed by atoms with E-state index in [0.717, 1.165) is 17.3 Å². The zero-order chi connectivity index (χ0) is 21.2. The van der Waals surface area contributed by atoms with Crippen LogP contribution in [0.25, 0.3) is 0 Å². The third kappa shape index (κ3) is 7.58. The molecule has 2 atom stereocenters. The van der Waals surface area contributed by atoms with Crippen LogP contribution >= 0.6 is 24.0 Å². The number of methoxy groups -OCH3 is 1. The van der Waals surface area contributed by atoms with Crippen molar-refractivity contribution in [3.05, 3.63) is 35.9 Å². The van der Waals surface area contributed by atoms with Gasteiger partial charge in [0.15, 0.2) is 0 Å². The lowest BCUT2D eigenvalue weighted by Gasteiger charge is -2.33. The predicted molar refractivity (Wildman–Crippen MR) is 112 cm³/mol. The first kappa shape index (κ1) is 24.1. The van der Waals surface area contributed by atoms with Crippen molar-refractivity contribution < 1.29 is 24.2 Å². The third-order valence-corrected chi connectivity index (χ3v) is 5.84. The molecule has 2 unspecified atom stereocenters. The summed E-state index contributed by atoms with van der Waals surface area (Å²) in [6.07, 6.45) is 0.0678. The Balaban J connectivity index is 3.08. The molecule has 1 aromatic rings. The quantitative estimate of drug-likeness (QED) is 0.326. The summed E-state index contributed by atoms with van der Waals surface area (Å²) in [5, 5.41) is 18.6. The van der Waals surface area contributed by atoms with Crippen molar-refractivity contribution >= 4 is 40.1 Å². The fourth-order valence-corrected chi connectivity index (χ4v) is 4.55. The summed E-state index contributed by atoms with van der Waals surface area (Å²) in [5.41, 5.74) is -0.227. The van der Waals surface area contributed by atoms with E-state index in [4.69, 9.17) is 26.8 Å². The number of rotatable bonds is 11. The van der Waals surface area contributed by atoms with Crippen molar-refractivity contribution in [3.63, 3.8) is 0 Å². The van der Waals surface area contributed by atoms with Gasteiger partial charge in [-0.05, 0) is 32.3 Å². The van der Waals surface area contributed by atoms with Gasteiger partial charge in [-0.15, -0.1) is 0 Å². The average molecular weight is 424 g/mol. The first-order chi connectivity index (χ1) is 13.2. The maximum atomic E-state index is 12.9. The highest BCUT2D eigenvalue weighted by atomic mass is 32.2. The fourth-order valence-electron chi connectivity index (χ4n) is 2.67. The molecule has 0 amide bonds. The van der Waals surface area contributed by atoms with E-state index < -0.39 is 22.1 Å². The third-order valence-electron chi connectivity index (χ3n) is 4.17. The molecule has 0 bridgehead atoms. The van der Waals surface area contributed by atoms with E-state index in [0.29, 0.717) is 4.20 Å². The smallest absolute Gasteiger partial charge is 0.322 e. The van der Waals surface area contributed by atoms with Crippen LogP contribution in [0.15, 0.2) is 30.3 Å². The molecule has 6 nitrogen and oxygen atoms in total. The summed E-state index contributed by atoms with van der Waals surface area (Å²) >= 11 is 6.67. The molecule has 1 rings (SSSR count). The lowest BCUT2D eigenvalue weighted by atomic mass is 9.78. The minimum Gasteiger partial charge on any atom is -0.481 e. The maximum absolute atomic E-state index is 12.9. The van der Waals surface area contributed by atoms with Gasteiger partial charge in [0.2, 0.25) is 0 Å². The Morgan fingerprint density at radius 2 is 1.89 bits per heavy atom. The molecule has 0 saturated carbocycles. The van der Waals surface area contributed by atoms with Gasteiger partial charge in [0.25, 0.3) is 0 Å². The second kappa shape index (κ2) is 11.1. The van der Waals surface area contributed by atoms with Crippen LogP contribution < -0.4 is 0 Å². The Labute approximate surface area is 175 Å². The summed E-state index contributed by atoms with van der Waals surface area (Å²) < 4.78 is 9.60. The monoisotopic (exact) mass is 423 g/mol. The minimum absolute atomic E-state index is 0.0853. The van der Waals surface area contributed by atoms with Crippen LogP contribution in [0, 0.1) is 16.7 Å². The standard InChI is InChI=1S/C20H25NO5S2/c1-19(14-21,10-9-16(22)23)13-20(2,18(24)26-12-11-25-3)28-17(27)15-7-5-4-6-8-15/h4-8H,9-13H2,1-3H3,(H,22,23). The number of nitriles is 1. The maximum Gasteiger partial charge on any atom is 0.322 e. The molecule has 28 heavy (non-hydrogen) atoms. The van der Waals surface area contributed by atoms with Crippen LogP contribution in [0.4, 0.5) is 0 Å². The van der Waals surface area contributed by atoms with Crippen molar-refractivity contribution in [3.8, 4) is 6.07 Å². The molecule has 8 heteroatoms. The van der Waals surface area contributed by atoms with E-state index in [-0.39, 0.29) is 32.5 Å². The zero-order valence-corrected chi connectivity index (χ0v) is 17.9. The number of thioether (sulfide) groups is 1. The van der Waals surface area contributed by atoms with Gasteiger partial charge in [-0.2, -0.15) is 5.26 Å². The number of thiocarbonyl (C=S) groups is 1. The highest BCUT2D eigenvalue weighted by Crippen LogP contribution is 2.42. The molecule has 1 N–H and O–H groups in total. The summed E-state index contributed by atoms with van der Waals surface area (Å²) in [6.45, 7) is 3.67. The number of ether oxygens (including phenoxy) is 2. The molecule has 0 radical (unpaired) electrons. The Morgan fingerprint density at radius 1 is 1.25 bits per heavy atom. The summed E-state index contributed by atoms with van der Waals surface area (Å²) in [4.78, 5) is 23.8.